The minimum Gasteiger partial charge on any atom is -0.302 e. The molecule has 0 bridgehead atoms. The number of rotatable bonds is 0. The molecule has 0 aliphatic carbocycles. The van der Waals surface area contributed by atoms with Gasteiger partial charge in [0.15, 0.2) is 0 Å². The summed E-state index contributed by atoms with van der Waals surface area (Å²) in [6, 6.07) is 9.92. The SMILES string of the molecule is CN1CCc2nc(C#Cc3ccccc3)ncc2C1. The quantitative estimate of drug-likeness (QED) is 0.667. The van der Waals surface area contributed by atoms with E-state index in [1.165, 1.54) is 5.56 Å². The number of likely N-dealkylation sites (N-methyl/N-ethyl adjacent to an activating group) is 1. The van der Waals surface area contributed by atoms with Crippen LogP contribution in [-0.4, -0.2) is 28.5 Å². The second-order valence-electron chi connectivity index (χ2n) is 4.77. The molecule has 2 heterocycles. The predicted molar refractivity (Wildman–Crippen MR) is 74.5 cm³/mol. The van der Waals surface area contributed by atoms with E-state index in [1.54, 1.807) is 0 Å². The van der Waals surface area contributed by atoms with E-state index < -0.39 is 0 Å². The van der Waals surface area contributed by atoms with Crippen LogP contribution in [0.2, 0.25) is 0 Å². The minimum absolute atomic E-state index is 0.618. The molecule has 1 aliphatic rings. The summed E-state index contributed by atoms with van der Waals surface area (Å²) in [5, 5.41) is 0. The van der Waals surface area contributed by atoms with Crippen molar-refractivity contribution in [3.8, 4) is 11.8 Å². The van der Waals surface area contributed by atoms with Crippen LogP contribution in [0.1, 0.15) is 22.6 Å². The van der Waals surface area contributed by atoms with Gasteiger partial charge < -0.3 is 4.90 Å². The zero-order valence-electron chi connectivity index (χ0n) is 10.9. The van der Waals surface area contributed by atoms with Gasteiger partial charge in [-0.2, -0.15) is 0 Å². The number of hydrogen-bond acceptors (Lipinski definition) is 3. The van der Waals surface area contributed by atoms with Gasteiger partial charge in [-0.1, -0.05) is 24.1 Å². The summed E-state index contributed by atoms with van der Waals surface area (Å²) in [6.07, 6.45) is 2.89. The number of nitrogens with zero attached hydrogens (tertiary/aromatic N) is 3. The molecule has 0 saturated carbocycles. The number of fused-ring (bicyclic) bond motifs is 1. The molecule has 1 aliphatic heterocycles. The summed E-state index contributed by atoms with van der Waals surface area (Å²) < 4.78 is 0. The third kappa shape index (κ3) is 2.81. The van der Waals surface area contributed by atoms with Crippen molar-refractivity contribution in [1.82, 2.24) is 14.9 Å². The molecule has 3 rings (SSSR count). The third-order valence-corrected chi connectivity index (χ3v) is 3.22. The van der Waals surface area contributed by atoms with Crippen LogP contribution < -0.4 is 0 Å². The van der Waals surface area contributed by atoms with E-state index in [0.717, 1.165) is 30.8 Å². The Morgan fingerprint density at radius 1 is 1.16 bits per heavy atom. The Hall–Kier alpha value is -2.18. The average molecular weight is 249 g/mol. The molecule has 0 radical (unpaired) electrons. The van der Waals surface area contributed by atoms with Crippen molar-refractivity contribution in [3.05, 3.63) is 59.2 Å². The van der Waals surface area contributed by atoms with Gasteiger partial charge >= 0.3 is 0 Å². The van der Waals surface area contributed by atoms with Crippen LogP contribution in [0.25, 0.3) is 0 Å². The maximum Gasteiger partial charge on any atom is 0.205 e. The largest absolute Gasteiger partial charge is 0.302 e. The monoisotopic (exact) mass is 249 g/mol. The molecule has 1 aromatic carbocycles. The highest BCUT2D eigenvalue weighted by molar-refractivity contribution is 5.38. The smallest absolute Gasteiger partial charge is 0.205 e. The van der Waals surface area contributed by atoms with E-state index in [1.807, 2.05) is 36.5 Å². The fourth-order valence-corrected chi connectivity index (χ4v) is 2.17. The average Bonchev–Trinajstić information content (AvgIpc) is 2.46. The Balaban J connectivity index is 1.86. The molecular weight excluding hydrogens is 234 g/mol. The predicted octanol–water partition coefficient (Wildman–Crippen LogP) is 1.86. The Kier molecular flexibility index (Phi) is 3.26. The van der Waals surface area contributed by atoms with E-state index in [-0.39, 0.29) is 0 Å². The molecule has 3 heteroatoms. The Bertz CT molecular complexity index is 638. The van der Waals surface area contributed by atoms with Crippen molar-refractivity contribution in [2.75, 3.05) is 13.6 Å². The van der Waals surface area contributed by atoms with Gasteiger partial charge in [0.1, 0.15) is 0 Å². The van der Waals surface area contributed by atoms with E-state index in [9.17, 15) is 0 Å². The Morgan fingerprint density at radius 2 is 2.00 bits per heavy atom. The lowest BCUT2D eigenvalue weighted by atomic mass is 10.1. The van der Waals surface area contributed by atoms with Gasteiger partial charge in [0, 0.05) is 36.8 Å². The number of aromatic nitrogens is 2. The highest BCUT2D eigenvalue weighted by Crippen LogP contribution is 2.14. The summed E-state index contributed by atoms with van der Waals surface area (Å²) in [4.78, 5) is 11.2. The van der Waals surface area contributed by atoms with Crippen LogP contribution in [0.5, 0.6) is 0 Å². The molecular formula is C16H15N3. The second-order valence-corrected chi connectivity index (χ2v) is 4.77. The summed E-state index contributed by atoms with van der Waals surface area (Å²) >= 11 is 0. The Labute approximate surface area is 113 Å². The first-order valence-corrected chi connectivity index (χ1v) is 6.42. The lowest BCUT2D eigenvalue weighted by Gasteiger charge is -2.23. The van der Waals surface area contributed by atoms with E-state index in [2.05, 4.69) is 33.8 Å². The standard InChI is InChI=1S/C16H15N3/c1-19-10-9-15-14(12-19)11-17-16(18-15)8-7-13-5-3-2-4-6-13/h2-6,11H,9-10,12H2,1H3. The zero-order chi connectivity index (χ0) is 13.1. The third-order valence-electron chi connectivity index (χ3n) is 3.22. The number of benzene rings is 1. The lowest BCUT2D eigenvalue weighted by molar-refractivity contribution is 0.309. The van der Waals surface area contributed by atoms with Gasteiger partial charge in [-0.05, 0) is 25.1 Å². The van der Waals surface area contributed by atoms with Crippen LogP contribution in [0.4, 0.5) is 0 Å². The Morgan fingerprint density at radius 3 is 2.84 bits per heavy atom. The molecule has 0 saturated heterocycles. The van der Waals surface area contributed by atoms with Crippen LogP contribution in [-0.2, 0) is 13.0 Å². The highest BCUT2D eigenvalue weighted by atomic mass is 15.1. The van der Waals surface area contributed by atoms with Crippen molar-refractivity contribution < 1.29 is 0 Å². The molecule has 0 spiro atoms. The van der Waals surface area contributed by atoms with Gasteiger partial charge in [-0.3, -0.25) is 0 Å². The molecule has 19 heavy (non-hydrogen) atoms. The molecule has 0 unspecified atom stereocenters. The molecule has 3 nitrogen and oxygen atoms in total. The van der Waals surface area contributed by atoms with E-state index >= 15 is 0 Å². The van der Waals surface area contributed by atoms with E-state index in [4.69, 9.17) is 0 Å². The maximum absolute atomic E-state index is 4.55. The van der Waals surface area contributed by atoms with Crippen LogP contribution >= 0.6 is 0 Å². The van der Waals surface area contributed by atoms with Crippen molar-refractivity contribution in [2.45, 2.75) is 13.0 Å². The summed E-state index contributed by atoms with van der Waals surface area (Å²) in [6.45, 7) is 1.98. The molecule has 1 aromatic heterocycles. The van der Waals surface area contributed by atoms with Gasteiger partial charge in [-0.15, -0.1) is 0 Å². The molecule has 0 fully saturated rings. The second kappa shape index (κ2) is 5.21. The molecule has 94 valence electrons. The fraction of sp³-hybridized carbons (Fsp3) is 0.250. The first-order chi connectivity index (χ1) is 9.31. The maximum atomic E-state index is 4.55. The zero-order valence-corrected chi connectivity index (χ0v) is 10.9. The highest BCUT2D eigenvalue weighted by Gasteiger charge is 2.14. The van der Waals surface area contributed by atoms with Gasteiger partial charge in [-0.25, -0.2) is 9.97 Å². The van der Waals surface area contributed by atoms with Crippen molar-refractivity contribution in [3.63, 3.8) is 0 Å². The van der Waals surface area contributed by atoms with Crippen molar-refractivity contribution in [1.29, 1.82) is 0 Å². The first kappa shape index (κ1) is 11.9. The van der Waals surface area contributed by atoms with Gasteiger partial charge in [0.25, 0.3) is 0 Å². The van der Waals surface area contributed by atoms with Gasteiger partial charge in [0.05, 0.1) is 5.69 Å². The minimum atomic E-state index is 0.618. The number of hydrogen-bond donors (Lipinski definition) is 0. The van der Waals surface area contributed by atoms with Crippen molar-refractivity contribution >= 4 is 0 Å². The first-order valence-electron chi connectivity index (χ1n) is 6.42. The molecule has 0 atom stereocenters. The topological polar surface area (TPSA) is 29.0 Å². The fourth-order valence-electron chi connectivity index (χ4n) is 2.17. The van der Waals surface area contributed by atoms with Crippen LogP contribution in [0, 0.1) is 11.8 Å². The van der Waals surface area contributed by atoms with Gasteiger partial charge in [0.2, 0.25) is 5.82 Å². The van der Waals surface area contributed by atoms with E-state index in [0.29, 0.717) is 5.82 Å². The molecule has 0 amide bonds. The normalized spacial score (nSPS) is 14.4. The summed E-state index contributed by atoms with van der Waals surface area (Å²) in [5.74, 6) is 6.75. The summed E-state index contributed by atoms with van der Waals surface area (Å²) in [7, 11) is 2.12. The molecule has 0 N–H and O–H groups in total. The molecule has 2 aromatic rings. The lowest BCUT2D eigenvalue weighted by Crippen LogP contribution is -2.27. The van der Waals surface area contributed by atoms with Crippen molar-refractivity contribution in [2.24, 2.45) is 0 Å². The van der Waals surface area contributed by atoms with Crippen LogP contribution in [0.3, 0.4) is 0 Å². The van der Waals surface area contributed by atoms with Crippen LogP contribution in [0.15, 0.2) is 36.5 Å². The summed E-state index contributed by atoms with van der Waals surface area (Å²) in [5.41, 5.74) is 3.35.